The Morgan fingerprint density at radius 1 is 1.44 bits per heavy atom. The van der Waals surface area contributed by atoms with E-state index in [1.807, 2.05) is 19.1 Å². The van der Waals surface area contributed by atoms with E-state index in [9.17, 15) is 9.90 Å². The molecule has 0 aliphatic heterocycles. The molecule has 18 heavy (non-hydrogen) atoms. The number of benzene rings is 1. The quantitative estimate of drug-likeness (QED) is 0.793. The zero-order valence-corrected chi connectivity index (χ0v) is 13.2. The van der Waals surface area contributed by atoms with Crippen molar-refractivity contribution in [3.8, 4) is 0 Å². The number of amides is 1. The van der Waals surface area contributed by atoms with Gasteiger partial charge in [-0.2, -0.15) is 0 Å². The monoisotopic (exact) mass is 361 g/mol. The number of carbonyl (C=O) groups is 1. The standard InChI is InChI=1S/C14H20INO2/c1-9(2)7-11(17)8-16-14(18)12-6-4-5-10(3)13(12)15/h4-6,9,11,17H,7-8H2,1-3H3,(H,16,18). The van der Waals surface area contributed by atoms with Crippen LogP contribution in [0.5, 0.6) is 0 Å². The van der Waals surface area contributed by atoms with E-state index >= 15 is 0 Å². The predicted molar refractivity (Wildman–Crippen MR) is 81.7 cm³/mol. The maximum atomic E-state index is 12.0. The van der Waals surface area contributed by atoms with Gasteiger partial charge in [0.2, 0.25) is 0 Å². The van der Waals surface area contributed by atoms with E-state index in [2.05, 4.69) is 41.8 Å². The molecule has 0 fully saturated rings. The van der Waals surface area contributed by atoms with Crippen LogP contribution in [0.3, 0.4) is 0 Å². The molecule has 1 rings (SSSR count). The average molecular weight is 361 g/mol. The number of halogens is 1. The van der Waals surface area contributed by atoms with Crippen LogP contribution in [0, 0.1) is 16.4 Å². The van der Waals surface area contributed by atoms with Crippen molar-refractivity contribution < 1.29 is 9.90 Å². The van der Waals surface area contributed by atoms with Gasteiger partial charge in [-0.25, -0.2) is 0 Å². The van der Waals surface area contributed by atoms with Gasteiger partial charge in [-0.3, -0.25) is 4.79 Å². The Morgan fingerprint density at radius 3 is 2.72 bits per heavy atom. The summed E-state index contributed by atoms with van der Waals surface area (Å²) in [5.74, 6) is 0.307. The number of aryl methyl sites for hydroxylation is 1. The van der Waals surface area contributed by atoms with Gasteiger partial charge >= 0.3 is 0 Å². The van der Waals surface area contributed by atoms with Crippen molar-refractivity contribution in [3.05, 3.63) is 32.9 Å². The molecule has 0 bridgehead atoms. The molecule has 0 saturated carbocycles. The van der Waals surface area contributed by atoms with Gasteiger partial charge in [0.05, 0.1) is 11.7 Å². The summed E-state index contributed by atoms with van der Waals surface area (Å²) in [7, 11) is 0. The molecule has 2 N–H and O–H groups in total. The van der Waals surface area contributed by atoms with Crippen LogP contribution in [-0.4, -0.2) is 23.7 Å². The lowest BCUT2D eigenvalue weighted by Crippen LogP contribution is -2.33. The topological polar surface area (TPSA) is 49.3 Å². The van der Waals surface area contributed by atoms with Crippen LogP contribution in [0.25, 0.3) is 0 Å². The summed E-state index contributed by atoms with van der Waals surface area (Å²) in [6.45, 7) is 6.39. The summed E-state index contributed by atoms with van der Waals surface area (Å²) in [6, 6.07) is 5.65. The van der Waals surface area contributed by atoms with Gasteiger partial charge in [-0.15, -0.1) is 0 Å². The predicted octanol–water partition coefficient (Wildman–Crippen LogP) is 2.74. The van der Waals surface area contributed by atoms with Crippen LogP contribution < -0.4 is 5.32 Å². The normalized spacial score (nSPS) is 12.6. The minimum absolute atomic E-state index is 0.120. The smallest absolute Gasteiger partial charge is 0.252 e. The van der Waals surface area contributed by atoms with Crippen molar-refractivity contribution in [2.75, 3.05) is 6.54 Å². The maximum absolute atomic E-state index is 12.0. The molecule has 100 valence electrons. The van der Waals surface area contributed by atoms with Gasteiger partial charge in [-0.05, 0) is 53.5 Å². The molecule has 3 nitrogen and oxygen atoms in total. The minimum Gasteiger partial charge on any atom is -0.391 e. The average Bonchev–Trinajstić information content (AvgIpc) is 2.29. The number of hydrogen-bond donors (Lipinski definition) is 2. The van der Waals surface area contributed by atoms with Crippen molar-refractivity contribution in [1.82, 2.24) is 5.32 Å². The van der Waals surface area contributed by atoms with E-state index in [1.165, 1.54) is 0 Å². The molecule has 0 aromatic heterocycles. The van der Waals surface area contributed by atoms with E-state index < -0.39 is 6.10 Å². The molecule has 1 unspecified atom stereocenters. The molecule has 0 aliphatic carbocycles. The minimum atomic E-state index is -0.476. The second-order valence-corrected chi connectivity index (χ2v) is 6.01. The molecule has 0 heterocycles. The van der Waals surface area contributed by atoms with E-state index in [1.54, 1.807) is 6.07 Å². The van der Waals surface area contributed by atoms with Gasteiger partial charge in [-0.1, -0.05) is 26.0 Å². The lowest BCUT2D eigenvalue weighted by Gasteiger charge is -2.14. The third-order valence-corrected chi connectivity index (χ3v) is 4.11. The number of aliphatic hydroxyl groups is 1. The van der Waals surface area contributed by atoms with Gasteiger partial charge in [0.25, 0.3) is 5.91 Å². The highest BCUT2D eigenvalue weighted by Gasteiger charge is 2.13. The van der Waals surface area contributed by atoms with E-state index in [4.69, 9.17) is 0 Å². The number of hydrogen-bond acceptors (Lipinski definition) is 2. The number of nitrogens with one attached hydrogen (secondary N) is 1. The number of carbonyl (C=O) groups excluding carboxylic acids is 1. The summed E-state index contributed by atoms with van der Waals surface area (Å²) < 4.78 is 0.964. The fraction of sp³-hybridized carbons (Fsp3) is 0.500. The molecular formula is C14H20INO2. The zero-order valence-electron chi connectivity index (χ0n) is 11.0. The van der Waals surface area contributed by atoms with Gasteiger partial charge in [0.1, 0.15) is 0 Å². The summed E-state index contributed by atoms with van der Waals surface area (Å²) in [5.41, 5.74) is 1.76. The molecule has 1 amide bonds. The molecule has 1 aromatic carbocycles. The second kappa shape index (κ2) is 7.09. The molecule has 1 atom stereocenters. The molecular weight excluding hydrogens is 341 g/mol. The Bertz CT molecular complexity index is 418. The maximum Gasteiger partial charge on any atom is 0.252 e. The summed E-state index contributed by atoms with van der Waals surface area (Å²) in [6.07, 6.45) is 0.224. The molecule has 0 radical (unpaired) electrons. The highest BCUT2D eigenvalue weighted by molar-refractivity contribution is 14.1. The molecule has 0 spiro atoms. The Labute approximate surface area is 122 Å². The van der Waals surface area contributed by atoms with Crippen LogP contribution in [0.15, 0.2) is 18.2 Å². The van der Waals surface area contributed by atoms with Crippen LogP contribution in [-0.2, 0) is 0 Å². The van der Waals surface area contributed by atoms with E-state index in [0.29, 0.717) is 24.4 Å². The van der Waals surface area contributed by atoms with Crippen molar-refractivity contribution >= 4 is 28.5 Å². The Kier molecular flexibility index (Phi) is 6.08. The Morgan fingerprint density at radius 2 is 2.11 bits per heavy atom. The SMILES string of the molecule is Cc1cccc(C(=O)NCC(O)CC(C)C)c1I. The van der Waals surface area contributed by atoms with Gasteiger partial charge in [0.15, 0.2) is 0 Å². The highest BCUT2D eigenvalue weighted by atomic mass is 127. The molecule has 0 saturated heterocycles. The third kappa shape index (κ3) is 4.57. The van der Waals surface area contributed by atoms with Crippen LogP contribution >= 0.6 is 22.6 Å². The zero-order chi connectivity index (χ0) is 13.7. The fourth-order valence-corrected chi connectivity index (χ4v) is 2.36. The first kappa shape index (κ1) is 15.4. The Balaban J connectivity index is 2.58. The lowest BCUT2D eigenvalue weighted by molar-refractivity contribution is 0.0899. The first-order chi connectivity index (χ1) is 8.41. The number of aliphatic hydroxyl groups excluding tert-OH is 1. The van der Waals surface area contributed by atoms with Crippen LogP contribution in [0.4, 0.5) is 0 Å². The van der Waals surface area contributed by atoms with Crippen molar-refractivity contribution in [3.63, 3.8) is 0 Å². The fourth-order valence-electron chi connectivity index (χ4n) is 1.76. The van der Waals surface area contributed by atoms with Crippen LogP contribution in [0.1, 0.15) is 36.2 Å². The van der Waals surface area contributed by atoms with E-state index in [0.717, 1.165) is 9.13 Å². The highest BCUT2D eigenvalue weighted by Crippen LogP contribution is 2.16. The van der Waals surface area contributed by atoms with Gasteiger partial charge in [0, 0.05) is 10.1 Å². The summed E-state index contributed by atoms with van der Waals surface area (Å²) in [4.78, 5) is 12.0. The largest absolute Gasteiger partial charge is 0.391 e. The van der Waals surface area contributed by atoms with Crippen LogP contribution in [0.2, 0.25) is 0 Å². The summed E-state index contributed by atoms with van der Waals surface area (Å²) in [5, 5.41) is 12.5. The second-order valence-electron chi connectivity index (χ2n) is 4.93. The molecule has 1 aromatic rings. The first-order valence-electron chi connectivity index (χ1n) is 6.13. The summed E-state index contributed by atoms with van der Waals surface area (Å²) >= 11 is 2.17. The first-order valence-corrected chi connectivity index (χ1v) is 7.21. The van der Waals surface area contributed by atoms with Crippen molar-refractivity contribution in [2.45, 2.75) is 33.3 Å². The van der Waals surface area contributed by atoms with Crippen molar-refractivity contribution in [1.29, 1.82) is 0 Å². The van der Waals surface area contributed by atoms with E-state index in [-0.39, 0.29) is 5.91 Å². The lowest BCUT2D eigenvalue weighted by atomic mass is 10.1. The Hall–Kier alpha value is -0.620. The third-order valence-electron chi connectivity index (χ3n) is 2.68. The van der Waals surface area contributed by atoms with Gasteiger partial charge < -0.3 is 10.4 Å². The molecule has 0 aliphatic rings. The molecule has 4 heteroatoms. The number of rotatable bonds is 5. The van der Waals surface area contributed by atoms with Crippen molar-refractivity contribution in [2.24, 2.45) is 5.92 Å².